The first kappa shape index (κ1) is 14.3. The molecule has 0 amide bonds. The number of rotatable bonds is 3. The van der Waals surface area contributed by atoms with Crippen molar-refractivity contribution in [1.29, 1.82) is 0 Å². The monoisotopic (exact) mass is 297 g/mol. The number of hydrogen-bond donors (Lipinski definition) is 1. The molecule has 2 rings (SSSR count). The minimum absolute atomic E-state index is 0.118. The fraction of sp³-hybridized carbons (Fsp3) is 0.200. The average Bonchev–Trinajstić information content (AvgIpc) is 2.36. The van der Waals surface area contributed by atoms with E-state index in [1.54, 1.807) is 12.1 Å². The molecule has 0 bridgehead atoms. The molecule has 0 saturated heterocycles. The van der Waals surface area contributed by atoms with Crippen molar-refractivity contribution in [1.82, 2.24) is 0 Å². The van der Waals surface area contributed by atoms with E-state index in [2.05, 4.69) is 0 Å². The van der Waals surface area contributed by atoms with E-state index < -0.39 is 5.82 Å². The Balaban J connectivity index is 2.22. The molecular formula is C15H14Cl2FN. The number of benzene rings is 2. The third-order valence-corrected chi connectivity index (χ3v) is 3.61. The normalized spacial score (nSPS) is 12.5. The molecule has 1 unspecified atom stereocenters. The first-order chi connectivity index (χ1) is 8.97. The standard InChI is InChI=1S/C15H14Cl2FN/c1-9-2-4-11(16)8-12(9)15(19)7-10-3-5-14(18)13(17)6-10/h2-6,8,15H,7,19H2,1H3. The Morgan fingerprint density at radius 3 is 2.58 bits per heavy atom. The van der Waals surface area contributed by atoms with Crippen LogP contribution in [0.4, 0.5) is 4.39 Å². The maximum Gasteiger partial charge on any atom is 0.141 e. The molecule has 1 nitrogen and oxygen atoms in total. The van der Waals surface area contributed by atoms with Gasteiger partial charge in [0.15, 0.2) is 0 Å². The van der Waals surface area contributed by atoms with Gasteiger partial charge in [-0.2, -0.15) is 0 Å². The van der Waals surface area contributed by atoms with Crippen molar-refractivity contribution >= 4 is 23.2 Å². The van der Waals surface area contributed by atoms with Crippen molar-refractivity contribution in [2.75, 3.05) is 0 Å². The molecule has 2 aromatic carbocycles. The summed E-state index contributed by atoms with van der Waals surface area (Å²) in [6, 6.07) is 10.1. The van der Waals surface area contributed by atoms with Gasteiger partial charge < -0.3 is 5.73 Å². The topological polar surface area (TPSA) is 26.0 Å². The van der Waals surface area contributed by atoms with Crippen LogP contribution in [0.15, 0.2) is 36.4 Å². The van der Waals surface area contributed by atoms with Crippen molar-refractivity contribution in [3.05, 3.63) is 69.0 Å². The predicted octanol–water partition coefficient (Wildman–Crippen LogP) is 4.68. The smallest absolute Gasteiger partial charge is 0.141 e. The second kappa shape index (κ2) is 5.91. The van der Waals surface area contributed by atoms with Crippen LogP contribution >= 0.6 is 23.2 Å². The minimum Gasteiger partial charge on any atom is -0.324 e. The van der Waals surface area contributed by atoms with E-state index in [4.69, 9.17) is 28.9 Å². The maximum atomic E-state index is 13.1. The molecule has 0 aromatic heterocycles. The van der Waals surface area contributed by atoms with Gasteiger partial charge >= 0.3 is 0 Å². The largest absolute Gasteiger partial charge is 0.324 e. The van der Waals surface area contributed by atoms with Crippen LogP contribution in [0.5, 0.6) is 0 Å². The van der Waals surface area contributed by atoms with Crippen LogP contribution in [0.2, 0.25) is 10.0 Å². The summed E-state index contributed by atoms with van der Waals surface area (Å²) in [4.78, 5) is 0. The Morgan fingerprint density at radius 1 is 1.16 bits per heavy atom. The van der Waals surface area contributed by atoms with Crippen LogP contribution in [0.25, 0.3) is 0 Å². The second-order valence-electron chi connectivity index (χ2n) is 4.56. The molecule has 0 aliphatic heterocycles. The Morgan fingerprint density at radius 2 is 1.89 bits per heavy atom. The highest BCUT2D eigenvalue weighted by molar-refractivity contribution is 6.31. The third kappa shape index (κ3) is 3.47. The first-order valence-corrected chi connectivity index (χ1v) is 6.68. The van der Waals surface area contributed by atoms with Crippen LogP contribution in [0, 0.1) is 12.7 Å². The van der Waals surface area contributed by atoms with E-state index in [9.17, 15) is 4.39 Å². The number of hydrogen-bond acceptors (Lipinski definition) is 1. The van der Waals surface area contributed by atoms with E-state index in [1.165, 1.54) is 6.07 Å². The Labute approximate surface area is 122 Å². The predicted molar refractivity (Wildman–Crippen MR) is 78.2 cm³/mol. The molecule has 0 radical (unpaired) electrons. The molecule has 2 aromatic rings. The molecule has 1 atom stereocenters. The molecule has 0 fully saturated rings. The van der Waals surface area contributed by atoms with Gasteiger partial charge in [0.05, 0.1) is 5.02 Å². The Bertz CT molecular complexity index is 599. The van der Waals surface area contributed by atoms with Gasteiger partial charge in [-0.1, -0.05) is 35.3 Å². The van der Waals surface area contributed by atoms with Crippen molar-refractivity contribution in [2.45, 2.75) is 19.4 Å². The van der Waals surface area contributed by atoms with E-state index in [0.29, 0.717) is 11.4 Å². The van der Waals surface area contributed by atoms with Gasteiger partial charge in [0.25, 0.3) is 0 Å². The van der Waals surface area contributed by atoms with Crippen molar-refractivity contribution in [2.24, 2.45) is 5.73 Å². The van der Waals surface area contributed by atoms with Crippen LogP contribution in [-0.4, -0.2) is 0 Å². The van der Waals surface area contributed by atoms with Gasteiger partial charge in [0, 0.05) is 11.1 Å². The second-order valence-corrected chi connectivity index (χ2v) is 5.40. The Kier molecular flexibility index (Phi) is 4.46. The lowest BCUT2D eigenvalue weighted by Gasteiger charge is -2.15. The van der Waals surface area contributed by atoms with E-state index in [0.717, 1.165) is 16.7 Å². The van der Waals surface area contributed by atoms with Crippen LogP contribution in [0.3, 0.4) is 0 Å². The summed E-state index contributed by atoms with van der Waals surface area (Å²) >= 11 is 11.7. The molecule has 4 heteroatoms. The van der Waals surface area contributed by atoms with Gasteiger partial charge in [-0.25, -0.2) is 4.39 Å². The summed E-state index contributed by atoms with van der Waals surface area (Å²) in [6.07, 6.45) is 0.585. The molecule has 0 aliphatic rings. The van der Waals surface area contributed by atoms with Gasteiger partial charge in [-0.15, -0.1) is 0 Å². The third-order valence-electron chi connectivity index (χ3n) is 3.08. The highest BCUT2D eigenvalue weighted by atomic mass is 35.5. The zero-order valence-corrected chi connectivity index (χ0v) is 12.0. The van der Waals surface area contributed by atoms with Crippen LogP contribution < -0.4 is 5.73 Å². The van der Waals surface area contributed by atoms with Gasteiger partial charge in [-0.05, 0) is 54.3 Å². The molecule has 0 aliphatic carbocycles. The lowest BCUT2D eigenvalue weighted by Crippen LogP contribution is -2.14. The van der Waals surface area contributed by atoms with Crippen molar-refractivity contribution in [3.63, 3.8) is 0 Å². The quantitative estimate of drug-likeness (QED) is 0.874. The lowest BCUT2D eigenvalue weighted by atomic mass is 9.96. The number of halogens is 3. The molecule has 100 valence electrons. The first-order valence-electron chi connectivity index (χ1n) is 5.93. The molecule has 2 N–H and O–H groups in total. The van der Waals surface area contributed by atoms with Gasteiger partial charge in [0.2, 0.25) is 0 Å². The lowest BCUT2D eigenvalue weighted by molar-refractivity contribution is 0.626. The van der Waals surface area contributed by atoms with Crippen LogP contribution in [0.1, 0.15) is 22.7 Å². The van der Waals surface area contributed by atoms with E-state index >= 15 is 0 Å². The van der Waals surface area contributed by atoms with E-state index in [1.807, 2.05) is 25.1 Å². The summed E-state index contributed by atoms with van der Waals surface area (Å²) in [5, 5.41) is 0.778. The fourth-order valence-corrected chi connectivity index (χ4v) is 2.42. The fourth-order valence-electron chi connectivity index (χ4n) is 2.04. The summed E-state index contributed by atoms with van der Waals surface area (Å²) in [7, 11) is 0. The minimum atomic E-state index is -0.419. The van der Waals surface area contributed by atoms with Crippen LogP contribution in [-0.2, 0) is 6.42 Å². The highest BCUT2D eigenvalue weighted by Crippen LogP contribution is 2.25. The van der Waals surface area contributed by atoms with Gasteiger partial charge in [-0.3, -0.25) is 0 Å². The molecule has 0 saturated carbocycles. The molecular weight excluding hydrogens is 284 g/mol. The summed E-state index contributed by atoms with van der Waals surface area (Å²) in [5.74, 6) is -0.419. The maximum absolute atomic E-state index is 13.1. The zero-order valence-electron chi connectivity index (χ0n) is 10.5. The SMILES string of the molecule is Cc1ccc(Cl)cc1C(N)Cc1ccc(F)c(Cl)c1. The summed E-state index contributed by atoms with van der Waals surface area (Å²) in [6.45, 7) is 1.99. The summed E-state index contributed by atoms with van der Waals surface area (Å²) < 4.78 is 13.1. The summed E-state index contributed by atoms with van der Waals surface area (Å²) in [5.41, 5.74) is 9.17. The molecule has 19 heavy (non-hydrogen) atoms. The van der Waals surface area contributed by atoms with Crippen molar-refractivity contribution < 1.29 is 4.39 Å². The average molecular weight is 298 g/mol. The van der Waals surface area contributed by atoms with Crippen molar-refractivity contribution in [3.8, 4) is 0 Å². The van der Waals surface area contributed by atoms with Gasteiger partial charge in [0.1, 0.15) is 5.82 Å². The number of aryl methyl sites for hydroxylation is 1. The molecule has 0 spiro atoms. The number of nitrogens with two attached hydrogens (primary N) is 1. The molecule has 0 heterocycles. The van der Waals surface area contributed by atoms with E-state index in [-0.39, 0.29) is 11.1 Å². The Hall–Kier alpha value is -1.09. The zero-order chi connectivity index (χ0) is 14.0. The highest BCUT2D eigenvalue weighted by Gasteiger charge is 2.11.